The summed E-state index contributed by atoms with van der Waals surface area (Å²) in [5.41, 5.74) is 4.84. The zero-order valence-corrected chi connectivity index (χ0v) is 11.5. The van der Waals surface area contributed by atoms with Gasteiger partial charge in [0.25, 0.3) is 0 Å². The van der Waals surface area contributed by atoms with Crippen molar-refractivity contribution in [2.24, 2.45) is 0 Å². The topological polar surface area (TPSA) is 0 Å². The third-order valence-electron chi connectivity index (χ3n) is 2.92. The van der Waals surface area contributed by atoms with Crippen molar-refractivity contribution in [1.29, 1.82) is 0 Å². The van der Waals surface area contributed by atoms with E-state index in [9.17, 15) is 0 Å². The van der Waals surface area contributed by atoms with E-state index in [0.717, 1.165) is 17.0 Å². The summed E-state index contributed by atoms with van der Waals surface area (Å²) in [5.74, 6) is 0. The lowest BCUT2D eigenvalue weighted by Crippen LogP contribution is -1.93. The van der Waals surface area contributed by atoms with Gasteiger partial charge in [-0.2, -0.15) is 0 Å². The molecule has 1 aromatic rings. The third kappa shape index (κ3) is 3.10. The molecule has 90 valence electrons. The van der Waals surface area contributed by atoms with Crippen LogP contribution in [0.4, 0.5) is 0 Å². The minimum absolute atomic E-state index is 0.809. The second-order valence-corrected chi connectivity index (χ2v) is 4.30. The summed E-state index contributed by atoms with van der Waals surface area (Å²) < 4.78 is 0. The van der Waals surface area contributed by atoms with E-state index in [1.807, 2.05) is 18.2 Å². The summed E-state index contributed by atoms with van der Waals surface area (Å²) >= 11 is 6.18. The molecule has 0 radical (unpaired) electrons. The average Bonchev–Trinajstić information content (AvgIpc) is 2.33. The third-order valence-corrected chi connectivity index (χ3v) is 3.33. The van der Waals surface area contributed by atoms with E-state index in [-0.39, 0.29) is 0 Å². The number of halogens is 1. The number of allylic oxidation sites excluding steroid dienone is 5. The highest BCUT2D eigenvalue weighted by Gasteiger charge is 2.09. The fourth-order valence-electron chi connectivity index (χ4n) is 1.94. The molecule has 0 saturated heterocycles. The lowest BCUT2D eigenvalue weighted by atomic mass is 9.92. The van der Waals surface area contributed by atoms with Crippen LogP contribution in [-0.4, -0.2) is 0 Å². The van der Waals surface area contributed by atoms with Crippen LogP contribution in [-0.2, 0) is 0 Å². The molecule has 1 heteroatoms. The molecule has 0 N–H and O–H groups in total. The van der Waals surface area contributed by atoms with Crippen molar-refractivity contribution in [3.8, 4) is 0 Å². The molecule has 0 fully saturated rings. The first-order valence-electron chi connectivity index (χ1n) is 5.89. The van der Waals surface area contributed by atoms with E-state index in [1.54, 1.807) is 0 Å². The minimum Gasteiger partial charge on any atom is -0.0990 e. The second-order valence-electron chi connectivity index (χ2n) is 3.90. The zero-order chi connectivity index (χ0) is 12.8. The fourth-order valence-corrected chi connectivity index (χ4v) is 2.11. The lowest BCUT2D eigenvalue weighted by molar-refractivity contribution is 1.15. The van der Waals surface area contributed by atoms with Crippen molar-refractivity contribution in [3.63, 3.8) is 0 Å². The van der Waals surface area contributed by atoms with Gasteiger partial charge in [0, 0.05) is 5.02 Å². The Kier molecular flexibility index (Phi) is 5.24. The van der Waals surface area contributed by atoms with Gasteiger partial charge in [-0.25, -0.2) is 0 Å². The van der Waals surface area contributed by atoms with Gasteiger partial charge in [-0.3, -0.25) is 0 Å². The summed E-state index contributed by atoms with van der Waals surface area (Å²) in [6.07, 6.45) is 7.03. The maximum absolute atomic E-state index is 6.18. The molecule has 0 amide bonds. The van der Waals surface area contributed by atoms with Crippen LogP contribution in [0.25, 0.3) is 5.57 Å². The quantitative estimate of drug-likeness (QED) is 0.609. The monoisotopic (exact) mass is 246 g/mol. The van der Waals surface area contributed by atoms with Gasteiger partial charge >= 0.3 is 0 Å². The zero-order valence-electron chi connectivity index (χ0n) is 10.8. The molecule has 0 aliphatic carbocycles. The van der Waals surface area contributed by atoms with E-state index >= 15 is 0 Å². The smallest absolute Gasteiger partial charge is 0.0441 e. The van der Waals surface area contributed by atoms with Crippen molar-refractivity contribution >= 4 is 17.2 Å². The Bertz CT molecular complexity index is 464. The summed E-state index contributed by atoms with van der Waals surface area (Å²) in [7, 11) is 0. The Balaban J connectivity index is 3.39. The largest absolute Gasteiger partial charge is 0.0990 e. The molecular formula is C16H19Cl. The van der Waals surface area contributed by atoms with Gasteiger partial charge in [-0.05, 0) is 48.6 Å². The molecule has 0 aliphatic heterocycles. The van der Waals surface area contributed by atoms with Crippen LogP contribution < -0.4 is 0 Å². The number of rotatable bonds is 4. The van der Waals surface area contributed by atoms with Crippen LogP contribution >= 0.6 is 11.6 Å². The maximum Gasteiger partial charge on any atom is 0.0441 e. The first-order chi connectivity index (χ1) is 8.15. The van der Waals surface area contributed by atoms with E-state index in [0.29, 0.717) is 0 Å². The summed E-state index contributed by atoms with van der Waals surface area (Å²) in [6, 6.07) is 6.02. The van der Waals surface area contributed by atoms with E-state index in [2.05, 4.69) is 45.6 Å². The molecule has 17 heavy (non-hydrogen) atoms. The molecule has 0 aliphatic rings. The Morgan fingerprint density at radius 3 is 2.65 bits per heavy atom. The van der Waals surface area contributed by atoms with Crippen molar-refractivity contribution in [2.45, 2.75) is 27.2 Å². The molecule has 0 aromatic heterocycles. The molecule has 0 saturated carbocycles. The number of hydrogen-bond acceptors (Lipinski definition) is 0. The Morgan fingerprint density at radius 2 is 2.12 bits per heavy atom. The van der Waals surface area contributed by atoms with Crippen molar-refractivity contribution < 1.29 is 0 Å². The second kappa shape index (κ2) is 6.46. The van der Waals surface area contributed by atoms with E-state index in [4.69, 9.17) is 11.6 Å². The van der Waals surface area contributed by atoms with Gasteiger partial charge in [0.05, 0.1) is 0 Å². The Morgan fingerprint density at radius 1 is 1.41 bits per heavy atom. The lowest BCUT2D eigenvalue weighted by Gasteiger charge is -2.14. The number of benzene rings is 1. The predicted octanol–water partition coefficient (Wildman–Crippen LogP) is 5.57. The summed E-state index contributed by atoms with van der Waals surface area (Å²) in [6.45, 7) is 10.1. The van der Waals surface area contributed by atoms with Crippen LogP contribution in [0.1, 0.15) is 31.4 Å². The van der Waals surface area contributed by atoms with Crippen molar-refractivity contribution in [2.75, 3.05) is 0 Å². The molecule has 0 nitrogen and oxygen atoms in total. The highest BCUT2D eigenvalue weighted by Crippen LogP contribution is 2.31. The maximum atomic E-state index is 6.18. The highest BCUT2D eigenvalue weighted by molar-refractivity contribution is 6.31. The average molecular weight is 247 g/mol. The molecule has 0 atom stereocenters. The van der Waals surface area contributed by atoms with E-state index < -0.39 is 0 Å². The Hall–Kier alpha value is -1.27. The van der Waals surface area contributed by atoms with Gasteiger partial charge in [0.2, 0.25) is 0 Å². The molecular weight excluding hydrogens is 228 g/mol. The summed E-state index contributed by atoms with van der Waals surface area (Å²) in [5, 5.41) is 0.809. The van der Waals surface area contributed by atoms with Gasteiger partial charge in [-0.15, -0.1) is 0 Å². The van der Waals surface area contributed by atoms with Gasteiger partial charge in [0.1, 0.15) is 0 Å². The van der Waals surface area contributed by atoms with Crippen LogP contribution in [0, 0.1) is 6.92 Å². The van der Waals surface area contributed by atoms with Gasteiger partial charge in [0.15, 0.2) is 0 Å². The predicted molar refractivity (Wildman–Crippen MR) is 78.4 cm³/mol. The van der Waals surface area contributed by atoms with E-state index in [1.165, 1.54) is 16.7 Å². The normalized spacial score (nSPS) is 12.7. The molecule has 1 aromatic carbocycles. The van der Waals surface area contributed by atoms with Crippen LogP contribution in [0.2, 0.25) is 5.02 Å². The number of hydrogen-bond donors (Lipinski definition) is 0. The molecule has 0 spiro atoms. The fraction of sp³-hybridized carbons (Fsp3) is 0.250. The SMILES string of the molecule is C=C/C=C(\C(=C/C)CC)c1cccc(Cl)c1C. The van der Waals surface area contributed by atoms with Crippen LogP contribution in [0.15, 0.2) is 48.6 Å². The van der Waals surface area contributed by atoms with Crippen LogP contribution in [0.3, 0.4) is 0 Å². The standard InChI is InChI=1S/C16H19Cl/c1-5-9-15(13(6-2)7-3)14-10-8-11-16(17)12(14)4/h5-6,8-11H,1,7H2,2-4H3/b13-6-,15-9+. The van der Waals surface area contributed by atoms with Gasteiger partial charge < -0.3 is 0 Å². The molecule has 0 unspecified atom stereocenters. The summed E-state index contributed by atoms with van der Waals surface area (Å²) in [4.78, 5) is 0. The first-order valence-corrected chi connectivity index (χ1v) is 6.27. The highest BCUT2D eigenvalue weighted by atomic mass is 35.5. The van der Waals surface area contributed by atoms with Crippen molar-refractivity contribution in [1.82, 2.24) is 0 Å². The molecule has 0 heterocycles. The van der Waals surface area contributed by atoms with Crippen molar-refractivity contribution in [3.05, 3.63) is 64.7 Å². The van der Waals surface area contributed by atoms with Gasteiger partial charge in [-0.1, -0.05) is 55.5 Å². The van der Waals surface area contributed by atoms with Crippen LogP contribution in [0.5, 0.6) is 0 Å². The molecule has 1 rings (SSSR count). The molecule has 0 bridgehead atoms. The Labute approximate surface area is 109 Å². The minimum atomic E-state index is 0.809. The first kappa shape index (κ1) is 13.8.